The smallest absolute Gasteiger partial charge is 0.264 e. The van der Waals surface area contributed by atoms with Crippen molar-refractivity contribution in [3.63, 3.8) is 0 Å². The first-order valence-electron chi connectivity index (χ1n) is 13.4. The van der Waals surface area contributed by atoms with Crippen LogP contribution >= 0.6 is 23.2 Å². The van der Waals surface area contributed by atoms with Crippen LogP contribution in [0.2, 0.25) is 10.0 Å². The molecule has 0 saturated carbocycles. The van der Waals surface area contributed by atoms with E-state index in [1.165, 1.54) is 17.0 Å². The average Bonchev–Trinajstić information content (AvgIpc) is 2.96. The van der Waals surface area contributed by atoms with Crippen LogP contribution in [0.4, 0.5) is 5.69 Å². The number of halogens is 2. The normalized spacial score (nSPS) is 11.9. The van der Waals surface area contributed by atoms with Gasteiger partial charge in [0.2, 0.25) is 11.8 Å². The molecule has 0 heterocycles. The predicted octanol–water partition coefficient (Wildman–Crippen LogP) is 5.92. The minimum atomic E-state index is -4.21. The number of sulfonamides is 1. The van der Waals surface area contributed by atoms with Crippen molar-refractivity contribution in [3.8, 4) is 5.75 Å². The molecule has 11 heteroatoms. The summed E-state index contributed by atoms with van der Waals surface area (Å²) in [6.45, 7) is 5.53. The van der Waals surface area contributed by atoms with Crippen LogP contribution in [0.1, 0.15) is 39.2 Å². The molecule has 0 unspecified atom stereocenters. The third-order valence-electron chi connectivity index (χ3n) is 6.40. The second kappa shape index (κ2) is 15.1. The largest absolute Gasteiger partial charge is 0.492 e. The van der Waals surface area contributed by atoms with Gasteiger partial charge < -0.3 is 15.0 Å². The van der Waals surface area contributed by atoms with Crippen LogP contribution < -0.4 is 14.4 Å². The van der Waals surface area contributed by atoms with Crippen molar-refractivity contribution in [2.45, 2.75) is 51.1 Å². The summed E-state index contributed by atoms with van der Waals surface area (Å²) in [4.78, 5) is 28.5. The molecule has 1 atom stereocenters. The average molecular weight is 621 g/mol. The van der Waals surface area contributed by atoms with Gasteiger partial charge in [0.1, 0.15) is 18.3 Å². The predicted molar refractivity (Wildman–Crippen MR) is 163 cm³/mol. The summed E-state index contributed by atoms with van der Waals surface area (Å²) in [7, 11) is -4.21. The molecule has 3 aromatic carbocycles. The molecule has 8 nitrogen and oxygen atoms in total. The van der Waals surface area contributed by atoms with E-state index in [0.29, 0.717) is 34.5 Å². The Bertz CT molecular complexity index is 1440. The molecule has 0 fully saturated rings. The minimum Gasteiger partial charge on any atom is -0.492 e. The van der Waals surface area contributed by atoms with Crippen LogP contribution in [0.15, 0.2) is 77.7 Å². The lowest BCUT2D eigenvalue weighted by Crippen LogP contribution is -2.51. The molecule has 0 spiro atoms. The Labute approximate surface area is 252 Å². The number of nitrogens with one attached hydrogen (secondary N) is 1. The summed E-state index contributed by atoms with van der Waals surface area (Å²) in [6, 6.07) is 18.4. The summed E-state index contributed by atoms with van der Waals surface area (Å²) in [5.74, 6) is -0.649. The van der Waals surface area contributed by atoms with Crippen molar-refractivity contribution in [2.75, 3.05) is 24.0 Å². The molecular weight excluding hydrogens is 585 g/mol. The second-order valence-corrected chi connectivity index (χ2v) is 12.0. The van der Waals surface area contributed by atoms with Crippen molar-refractivity contribution >= 4 is 50.7 Å². The van der Waals surface area contributed by atoms with E-state index in [2.05, 4.69) is 5.32 Å². The van der Waals surface area contributed by atoms with E-state index in [4.69, 9.17) is 27.9 Å². The number of hydrogen-bond acceptors (Lipinski definition) is 5. The van der Waals surface area contributed by atoms with Gasteiger partial charge in [-0.25, -0.2) is 8.42 Å². The molecule has 0 aliphatic heterocycles. The molecule has 41 heavy (non-hydrogen) atoms. The van der Waals surface area contributed by atoms with E-state index in [9.17, 15) is 18.0 Å². The van der Waals surface area contributed by atoms with Crippen LogP contribution in [0, 0.1) is 0 Å². The number of ether oxygens (including phenoxy) is 1. The number of hydrogen-bond donors (Lipinski definition) is 1. The Balaban J connectivity index is 2.06. The van der Waals surface area contributed by atoms with Crippen molar-refractivity contribution in [3.05, 3.63) is 88.4 Å². The number of benzene rings is 3. The lowest BCUT2D eigenvalue weighted by molar-refractivity contribution is -0.139. The SMILES string of the molecule is CCCCNC(=O)[C@H](C)N(Cc1ccc(Cl)cc1Cl)C(=O)CN(c1ccccc1OCC)S(=O)(=O)c1ccccc1. The third kappa shape index (κ3) is 8.38. The first-order valence-corrected chi connectivity index (χ1v) is 15.6. The summed E-state index contributed by atoms with van der Waals surface area (Å²) < 4.78 is 34.7. The zero-order chi connectivity index (χ0) is 30.0. The molecule has 1 N–H and O–H groups in total. The van der Waals surface area contributed by atoms with Gasteiger partial charge in [0.25, 0.3) is 10.0 Å². The maximum atomic E-state index is 14.1. The van der Waals surface area contributed by atoms with Crippen molar-refractivity contribution in [2.24, 2.45) is 0 Å². The fourth-order valence-electron chi connectivity index (χ4n) is 4.13. The quantitative estimate of drug-likeness (QED) is 0.226. The summed E-state index contributed by atoms with van der Waals surface area (Å²) >= 11 is 12.5. The standard InChI is InChI=1S/C30H35Cl2N3O5S/c1-4-6-18-33-30(37)22(3)34(20-23-16-17-24(31)19-26(23)32)29(36)21-35(27-14-10-11-15-28(27)40-5-2)41(38,39)25-12-8-7-9-13-25/h7-17,19,22H,4-6,18,20-21H2,1-3H3,(H,33,37)/t22-/m0/s1. The molecule has 0 radical (unpaired) electrons. The number of rotatable bonds is 14. The maximum absolute atomic E-state index is 14.1. The first-order chi connectivity index (χ1) is 19.6. The van der Waals surface area contributed by atoms with E-state index in [0.717, 1.165) is 17.1 Å². The van der Waals surface area contributed by atoms with Crippen LogP contribution in [-0.2, 0) is 26.2 Å². The van der Waals surface area contributed by atoms with Gasteiger partial charge in [-0.3, -0.25) is 13.9 Å². The number of nitrogens with zero attached hydrogens (tertiary/aromatic N) is 2. The Morgan fingerprint density at radius 2 is 1.66 bits per heavy atom. The zero-order valence-corrected chi connectivity index (χ0v) is 25.7. The topological polar surface area (TPSA) is 96.0 Å². The number of para-hydroxylation sites is 2. The molecule has 0 saturated heterocycles. The number of anilines is 1. The van der Waals surface area contributed by atoms with E-state index in [1.807, 2.05) is 6.92 Å². The molecular formula is C30H35Cl2N3O5S. The molecule has 220 valence electrons. The molecule has 3 aromatic rings. The van der Waals surface area contributed by atoms with Crippen LogP contribution in [0.3, 0.4) is 0 Å². The molecule has 0 aliphatic rings. The summed E-state index contributed by atoms with van der Waals surface area (Å²) in [5, 5.41) is 3.61. The van der Waals surface area contributed by atoms with Gasteiger partial charge in [0.05, 0.1) is 17.2 Å². The third-order valence-corrected chi connectivity index (χ3v) is 8.76. The number of unbranched alkanes of at least 4 members (excludes halogenated alkanes) is 1. The van der Waals surface area contributed by atoms with Gasteiger partial charge in [-0.15, -0.1) is 0 Å². The fourth-order valence-corrected chi connectivity index (χ4v) is 6.04. The lowest BCUT2D eigenvalue weighted by atomic mass is 10.1. The highest BCUT2D eigenvalue weighted by molar-refractivity contribution is 7.92. The molecule has 2 amide bonds. The van der Waals surface area contributed by atoms with E-state index in [1.54, 1.807) is 74.5 Å². The van der Waals surface area contributed by atoms with Crippen LogP contribution in [0.25, 0.3) is 0 Å². The minimum absolute atomic E-state index is 0.0109. The van der Waals surface area contributed by atoms with Gasteiger partial charge >= 0.3 is 0 Å². The van der Waals surface area contributed by atoms with Crippen molar-refractivity contribution in [1.29, 1.82) is 0 Å². The maximum Gasteiger partial charge on any atom is 0.264 e. The highest BCUT2D eigenvalue weighted by Crippen LogP contribution is 2.33. The highest BCUT2D eigenvalue weighted by atomic mass is 35.5. The summed E-state index contributed by atoms with van der Waals surface area (Å²) in [6.07, 6.45) is 1.68. The molecule has 0 aliphatic carbocycles. The zero-order valence-electron chi connectivity index (χ0n) is 23.3. The number of amides is 2. The molecule has 0 bridgehead atoms. The number of carbonyl (C=O) groups is 2. The Morgan fingerprint density at radius 3 is 2.32 bits per heavy atom. The van der Waals surface area contributed by atoms with Crippen molar-refractivity contribution in [1.82, 2.24) is 10.2 Å². The first kappa shape index (κ1) is 32.2. The number of carbonyl (C=O) groups excluding carboxylic acids is 2. The van der Waals surface area contributed by atoms with Gasteiger partial charge in [-0.05, 0) is 62.2 Å². The van der Waals surface area contributed by atoms with Crippen LogP contribution in [-0.4, -0.2) is 50.9 Å². The van der Waals surface area contributed by atoms with Crippen molar-refractivity contribution < 1.29 is 22.7 Å². The van der Waals surface area contributed by atoms with Gasteiger partial charge in [0, 0.05) is 23.1 Å². The van der Waals surface area contributed by atoms with Gasteiger partial charge in [-0.2, -0.15) is 0 Å². The van der Waals surface area contributed by atoms with E-state index >= 15 is 0 Å². The Kier molecular flexibility index (Phi) is 11.9. The Hall–Kier alpha value is -3.27. The monoisotopic (exact) mass is 619 g/mol. The van der Waals surface area contributed by atoms with Gasteiger partial charge in [0.15, 0.2) is 0 Å². The molecule has 3 rings (SSSR count). The lowest BCUT2D eigenvalue weighted by Gasteiger charge is -2.32. The van der Waals surface area contributed by atoms with E-state index < -0.39 is 28.5 Å². The fraction of sp³-hybridized carbons (Fsp3) is 0.333. The summed E-state index contributed by atoms with van der Waals surface area (Å²) in [5.41, 5.74) is 0.765. The molecule has 0 aromatic heterocycles. The van der Waals surface area contributed by atoms with Crippen LogP contribution in [0.5, 0.6) is 5.75 Å². The van der Waals surface area contributed by atoms with Gasteiger partial charge in [-0.1, -0.05) is 72.9 Å². The second-order valence-electron chi connectivity index (χ2n) is 9.30. The van der Waals surface area contributed by atoms with E-state index in [-0.39, 0.29) is 23.0 Å². The Morgan fingerprint density at radius 1 is 0.976 bits per heavy atom. The highest BCUT2D eigenvalue weighted by Gasteiger charge is 2.34.